The van der Waals surface area contributed by atoms with Crippen LogP contribution in [-0.4, -0.2) is 10.9 Å². The van der Waals surface area contributed by atoms with Gasteiger partial charge in [0.25, 0.3) is 0 Å². The minimum atomic E-state index is -4.55. The molecule has 1 aromatic carbocycles. The Morgan fingerprint density at radius 1 is 1.19 bits per heavy atom. The molecule has 0 saturated carbocycles. The van der Waals surface area contributed by atoms with Crippen molar-refractivity contribution in [1.82, 2.24) is 4.98 Å². The average Bonchev–Trinajstić information content (AvgIpc) is 2.41. The molecule has 0 atom stereocenters. The second-order valence-electron chi connectivity index (χ2n) is 4.24. The van der Waals surface area contributed by atoms with E-state index in [0.717, 1.165) is 6.07 Å². The van der Waals surface area contributed by atoms with E-state index in [4.69, 9.17) is 11.6 Å². The maximum absolute atomic E-state index is 12.7. The fraction of sp³-hybridized carbons (Fsp3) is 0.143. The minimum Gasteiger partial charge on any atom is -0.326 e. The third-order valence-electron chi connectivity index (χ3n) is 2.70. The van der Waals surface area contributed by atoms with Gasteiger partial charge >= 0.3 is 6.18 Å². The Kier molecular flexibility index (Phi) is 4.47. The van der Waals surface area contributed by atoms with Gasteiger partial charge in [-0.15, -0.1) is 0 Å². The highest BCUT2D eigenvalue weighted by molar-refractivity contribution is 6.32. The molecule has 0 aliphatic heterocycles. The Balaban J connectivity index is 2.15. The molecule has 0 aliphatic rings. The molecule has 2 rings (SSSR count). The zero-order valence-corrected chi connectivity index (χ0v) is 11.4. The van der Waals surface area contributed by atoms with E-state index in [2.05, 4.69) is 10.3 Å². The van der Waals surface area contributed by atoms with Crippen LogP contribution in [0.5, 0.6) is 0 Å². The van der Waals surface area contributed by atoms with Gasteiger partial charge in [-0.1, -0.05) is 23.7 Å². The zero-order chi connectivity index (χ0) is 15.5. The SMILES string of the molecule is O=C(Cc1cccc(C(F)(F)F)c1Cl)Nc1ccncc1. The highest BCUT2D eigenvalue weighted by Crippen LogP contribution is 2.36. The molecule has 0 radical (unpaired) electrons. The van der Waals surface area contributed by atoms with Gasteiger partial charge in [-0.05, 0) is 23.8 Å². The summed E-state index contributed by atoms with van der Waals surface area (Å²) in [5, 5.41) is 2.11. The Bertz CT molecular complexity index is 644. The topological polar surface area (TPSA) is 42.0 Å². The third-order valence-corrected chi connectivity index (χ3v) is 3.15. The van der Waals surface area contributed by atoms with E-state index in [1.54, 1.807) is 12.1 Å². The van der Waals surface area contributed by atoms with Crippen molar-refractivity contribution in [1.29, 1.82) is 0 Å². The van der Waals surface area contributed by atoms with Crippen LogP contribution in [0.15, 0.2) is 42.7 Å². The Morgan fingerprint density at radius 2 is 1.86 bits per heavy atom. The highest BCUT2D eigenvalue weighted by atomic mass is 35.5. The molecule has 110 valence electrons. The van der Waals surface area contributed by atoms with Crippen LogP contribution in [0.1, 0.15) is 11.1 Å². The van der Waals surface area contributed by atoms with Crippen LogP contribution in [0.2, 0.25) is 5.02 Å². The molecule has 0 aliphatic carbocycles. The summed E-state index contributed by atoms with van der Waals surface area (Å²) in [6.07, 6.45) is -1.81. The van der Waals surface area contributed by atoms with Crippen molar-refractivity contribution >= 4 is 23.2 Å². The van der Waals surface area contributed by atoms with Crippen LogP contribution < -0.4 is 5.32 Å². The van der Waals surface area contributed by atoms with Gasteiger partial charge in [0.1, 0.15) is 0 Å². The van der Waals surface area contributed by atoms with Crippen LogP contribution in [0, 0.1) is 0 Å². The van der Waals surface area contributed by atoms with Gasteiger partial charge in [0.2, 0.25) is 5.91 Å². The number of alkyl halides is 3. The van der Waals surface area contributed by atoms with Gasteiger partial charge in [-0.2, -0.15) is 13.2 Å². The maximum atomic E-state index is 12.7. The lowest BCUT2D eigenvalue weighted by molar-refractivity contribution is -0.137. The van der Waals surface area contributed by atoms with E-state index in [0.29, 0.717) is 5.69 Å². The smallest absolute Gasteiger partial charge is 0.326 e. The van der Waals surface area contributed by atoms with Crippen LogP contribution in [-0.2, 0) is 17.4 Å². The molecule has 3 nitrogen and oxygen atoms in total. The highest BCUT2D eigenvalue weighted by Gasteiger charge is 2.33. The van der Waals surface area contributed by atoms with E-state index < -0.39 is 22.7 Å². The molecule has 7 heteroatoms. The largest absolute Gasteiger partial charge is 0.417 e. The lowest BCUT2D eigenvalue weighted by atomic mass is 10.1. The van der Waals surface area contributed by atoms with Gasteiger partial charge in [0, 0.05) is 18.1 Å². The summed E-state index contributed by atoms with van der Waals surface area (Å²) >= 11 is 5.73. The summed E-state index contributed by atoms with van der Waals surface area (Å²) in [6, 6.07) is 6.65. The predicted molar refractivity (Wildman–Crippen MR) is 73.0 cm³/mol. The predicted octanol–water partition coefficient (Wildman–Crippen LogP) is 3.94. The molecule has 1 aromatic heterocycles. The van der Waals surface area contributed by atoms with E-state index >= 15 is 0 Å². The summed E-state index contributed by atoms with van der Waals surface area (Å²) in [5.74, 6) is -0.456. The fourth-order valence-electron chi connectivity index (χ4n) is 1.75. The Hall–Kier alpha value is -2.08. The summed E-state index contributed by atoms with van der Waals surface area (Å²) in [6.45, 7) is 0. The summed E-state index contributed by atoms with van der Waals surface area (Å²) in [7, 11) is 0. The summed E-state index contributed by atoms with van der Waals surface area (Å²) < 4.78 is 38.2. The van der Waals surface area contributed by atoms with Crippen LogP contribution in [0.3, 0.4) is 0 Å². The standard InChI is InChI=1S/C14H10ClF3N2O/c15-13-9(2-1-3-11(13)14(16,17)18)8-12(21)20-10-4-6-19-7-5-10/h1-7H,8H2,(H,19,20,21). The van der Waals surface area contributed by atoms with Crippen molar-refractivity contribution in [3.05, 3.63) is 58.9 Å². The van der Waals surface area contributed by atoms with Gasteiger partial charge in [-0.3, -0.25) is 9.78 Å². The molecule has 1 N–H and O–H groups in total. The van der Waals surface area contributed by atoms with E-state index in [9.17, 15) is 18.0 Å². The molecule has 1 amide bonds. The van der Waals surface area contributed by atoms with Crippen molar-refractivity contribution < 1.29 is 18.0 Å². The number of hydrogen-bond acceptors (Lipinski definition) is 2. The van der Waals surface area contributed by atoms with Gasteiger partial charge in [0.05, 0.1) is 17.0 Å². The average molecular weight is 315 g/mol. The number of carbonyl (C=O) groups excluding carboxylic acids is 1. The van der Waals surface area contributed by atoms with Gasteiger partial charge in [-0.25, -0.2) is 0 Å². The Labute approximate surface area is 123 Å². The number of aromatic nitrogens is 1. The fourth-order valence-corrected chi connectivity index (χ4v) is 2.05. The second kappa shape index (κ2) is 6.13. The van der Waals surface area contributed by atoms with E-state index in [1.807, 2.05) is 0 Å². The first-order valence-corrected chi connectivity index (χ1v) is 6.30. The van der Waals surface area contributed by atoms with Crippen LogP contribution >= 0.6 is 11.6 Å². The molecule has 0 fully saturated rings. The van der Waals surface area contributed by atoms with Crippen molar-refractivity contribution in [2.24, 2.45) is 0 Å². The van der Waals surface area contributed by atoms with E-state index in [-0.39, 0.29) is 12.0 Å². The van der Waals surface area contributed by atoms with Gasteiger partial charge in [0.15, 0.2) is 0 Å². The normalized spacial score (nSPS) is 11.2. The number of amides is 1. The number of anilines is 1. The first-order valence-electron chi connectivity index (χ1n) is 5.92. The number of carbonyl (C=O) groups is 1. The number of hydrogen-bond donors (Lipinski definition) is 1. The number of nitrogens with zero attached hydrogens (tertiary/aromatic N) is 1. The Morgan fingerprint density at radius 3 is 2.48 bits per heavy atom. The molecule has 0 unspecified atom stereocenters. The molecule has 21 heavy (non-hydrogen) atoms. The van der Waals surface area contributed by atoms with Crippen molar-refractivity contribution in [2.45, 2.75) is 12.6 Å². The lowest BCUT2D eigenvalue weighted by Gasteiger charge is -2.12. The summed E-state index contributed by atoms with van der Waals surface area (Å²) in [4.78, 5) is 15.6. The number of benzene rings is 1. The number of pyridine rings is 1. The first kappa shape index (κ1) is 15.3. The zero-order valence-electron chi connectivity index (χ0n) is 10.6. The third kappa shape index (κ3) is 3.95. The van der Waals surface area contributed by atoms with Crippen molar-refractivity contribution in [3.63, 3.8) is 0 Å². The number of halogens is 4. The first-order chi connectivity index (χ1) is 9.88. The second-order valence-corrected chi connectivity index (χ2v) is 4.62. The molecular weight excluding hydrogens is 305 g/mol. The van der Waals surface area contributed by atoms with Crippen molar-refractivity contribution in [2.75, 3.05) is 5.32 Å². The molecule has 1 heterocycles. The molecule has 0 spiro atoms. The van der Waals surface area contributed by atoms with Crippen LogP contribution in [0.4, 0.5) is 18.9 Å². The molecule has 0 bridgehead atoms. The summed E-state index contributed by atoms with van der Waals surface area (Å²) in [5.41, 5.74) is -0.311. The number of rotatable bonds is 3. The van der Waals surface area contributed by atoms with Gasteiger partial charge < -0.3 is 5.32 Å². The lowest BCUT2D eigenvalue weighted by Crippen LogP contribution is -2.15. The van der Waals surface area contributed by atoms with Crippen molar-refractivity contribution in [3.8, 4) is 0 Å². The molecular formula is C14H10ClF3N2O. The quantitative estimate of drug-likeness (QED) is 0.932. The minimum absolute atomic E-state index is 0.123. The number of nitrogens with one attached hydrogen (secondary N) is 1. The maximum Gasteiger partial charge on any atom is 0.417 e. The van der Waals surface area contributed by atoms with Crippen LogP contribution in [0.25, 0.3) is 0 Å². The monoisotopic (exact) mass is 314 g/mol. The van der Waals surface area contributed by atoms with E-state index in [1.165, 1.54) is 24.5 Å². The molecule has 0 saturated heterocycles. The molecule has 2 aromatic rings.